The van der Waals surface area contributed by atoms with Crippen LogP contribution >= 0.6 is 0 Å². The molecule has 0 aromatic carbocycles. The quantitative estimate of drug-likeness (QED) is 0.382. The van der Waals surface area contributed by atoms with Crippen molar-refractivity contribution in [2.75, 3.05) is 0 Å². The lowest BCUT2D eigenvalue weighted by molar-refractivity contribution is -0.195. The van der Waals surface area contributed by atoms with Gasteiger partial charge in [0.1, 0.15) is 0 Å². The molecule has 0 aromatic heterocycles. The first-order valence-electron chi connectivity index (χ1n) is 11.1. The van der Waals surface area contributed by atoms with Crippen molar-refractivity contribution in [3.8, 4) is 0 Å². The zero-order chi connectivity index (χ0) is 19.1. The molecular weight excluding hydrogens is 333 g/mol. The van der Waals surface area contributed by atoms with E-state index in [1.54, 1.807) is 5.57 Å². The molecule has 0 aliphatic heterocycles. The molecule has 0 heterocycles. The van der Waals surface area contributed by atoms with Crippen LogP contribution in [0.4, 0.5) is 13.2 Å². The number of halogens is 3. The second-order valence-corrected chi connectivity index (χ2v) is 9.30. The molecule has 7 atom stereocenters. The smallest absolute Gasteiger partial charge is 0.171 e. The van der Waals surface area contributed by atoms with E-state index in [0.717, 1.165) is 24.7 Å². The van der Waals surface area contributed by atoms with Crippen molar-refractivity contribution in [2.24, 2.45) is 40.9 Å². The molecule has 4 fully saturated rings. The van der Waals surface area contributed by atoms with Gasteiger partial charge in [-0.15, -0.1) is 0 Å². The lowest BCUT2D eigenvalue weighted by Gasteiger charge is -2.55. The standard InChI is InChI=1S/C21H31F3.C2H6/c1-3-14-6-9-19-18-7-4-13-12-15(21(22,23)24)5-8-16(13)17(18)10-11-20(14,19)2;1-2/h3,13,15-19H,4-12H2,1-2H3;1-2H3/b14-3-;. The highest BCUT2D eigenvalue weighted by Gasteiger charge is 2.56. The summed E-state index contributed by atoms with van der Waals surface area (Å²) in [6, 6.07) is 0. The summed E-state index contributed by atoms with van der Waals surface area (Å²) in [6.45, 7) is 8.66. The van der Waals surface area contributed by atoms with Crippen molar-refractivity contribution < 1.29 is 13.2 Å². The van der Waals surface area contributed by atoms with E-state index in [0.29, 0.717) is 36.0 Å². The molecule has 0 aromatic rings. The molecule has 26 heavy (non-hydrogen) atoms. The van der Waals surface area contributed by atoms with Crippen LogP contribution in [0.3, 0.4) is 0 Å². The van der Waals surface area contributed by atoms with Crippen LogP contribution in [-0.4, -0.2) is 6.18 Å². The van der Waals surface area contributed by atoms with Crippen LogP contribution in [-0.2, 0) is 0 Å². The molecule has 4 rings (SSSR count). The summed E-state index contributed by atoms with van der Waals surface area (Å²) >= 11 is 0. The van der Waals surface area contributed by atoms with Crippen LogP contribution in [0.1, 0.15) is 85.5 Å². The Morgan fingerprint density at radius 3 is 2.27 bits per heavy atom. The van der Waals surface area contributed by atoms with Crippen LogP contribution in [0, 0.1) is 40.9 Å². The van der Waals surface area contributed by atoms with E-state index in [4.69, 9.17) is 0 Å². The summed E-state index contributed by atoms with van der Waals surface area (Å²) in [5, 5.41) is 0. The number of fused-ring (bicyclic) bond motifs is 5. The molecule has 0 N–H and O–H groups in total. The van der Waals surface area contributed by atoms with E-state index >= 15 is 0 Å². The van der Waals surface area contributed by atoms with Gasteiger partial charge in [0, 0.05) is 0 Å². The summed E-state index contributed by atoms with van der Waals surface area (Å²) in [4.78, 5) is 0. The Hall–Kier alpha value is -0.470. The normalized spacial score (nSPS) is 46.7. The van der Waals surface area contributed by atoms with Crippen LogP contribution in [0.15, 0.2) is 11.6 Å². The fraction of sp³-hybridized carbons (Fsp3) is 0.913. The molecule has 0 spiro atoms. The van der Waals surface area contributed by atoms with Crippen LogP contribution in [0.25, 0.3) is 0 Å². The molecule has 3 heteroatoms. The van der Waals surface area contributed by atoms with Gasteiger partial charge in [0.15, 0.2) is 0 Å². The molecule has 0 amide bonds. The molecule has 0 saturated heterocycles. The Kier molecular flexibility index (Phi) is 5.85. The molecule has 0 nitrogen and oxygen atoms in total. The third-order valence-corrected chi connectivity index (χ3v) is 8.61. The molecule has 4 aliphatic rings. The maximum absolute atomic E-state index is 13.1. The van der Waals surface area contributed by atoms with Crippen molar-refractivity contribution in [3.05, 3.63) is 11.6 Å². The number of alkyl halides is 3. The topological polar surface area (TPSA) is 0 Å². The van der Waals surface area contributed by atoms with Gasteiger partial charge < -0.3 is 0 Å². The van der Waals surface area contributed by atoms with Crippen molar-refractivity contribution in [1.82, 2.24) is 0 Å². The first-order chi connectivity index (χ1) is 12.3. The Morgan fingerprint density at radius 2 is 1.62 bits per heavy atom. The van der Waals surface area contributed by atoms with E-state index in [2.05, 4.69) is 19.9 Å². The van der Waals surface area contributed by atoms with Gasteiger partial charge in [-0.1, -0.05) is 32.4 Å². The highest BCUT2D eigenvalue weighted by molar-refractivity contribution is 5.23. The number of hydrogen-bond donors (Lipinski definition) is 0. The number of hydrogen-bond acceptors (Lipinski definition) is 0. The zero-order valence-electron chi connectivity index (χ0n) is 17.0. The Labute approximate surface area is 158 Å². The minimum Gasteiger partial charge on any atom is -0.171 e. The number of rotatable bonds is 0. The van der Waals surface area contributed by atoms with E-state index in [9.17, 15) is 13.2 Å². The summed E-state index contributed by atoms with van der Waals surface area (Å²) in [6.07, 6.45) is 7.34. The summed E-state index contributed by atoms with van der Waals surface area (Å²) < 4.78 is 39.4. The van der Waals surface area contributed by atoms with Crippen molar-refractivity contribution in [2.45, 2.75) is 91.7 Å². The first-order valence-corrected chi connectivity index (χ1v) is 11.1. The summed E-state index contributed by atoms with van der Waals surface area (Å²) in [5.74, 6) is 2.20. The summed E-state index contributed by atoms with van der Waals surface area (Å²) in [7, 11) is 0. The van der Waals surface area contributed by atoms with Gasteiger partial charge in [0.2, 0.25) is 0 Å². The first kappa shape index (κ1) is 20.3. The van der Waals surface area contributed by atoms with Crippen molar-refractivity contribution >= 4 is 0 Å². The highest BCUT2D eigenvalue weighted by Crippen LogP contribution is 2.64. The van der Waals surface area contributed by atoms with Crippen molar-refractivity contribution in [3.63, 3.8) is 0 Å². The van der Waals surface area contributed by atoms with Crippen LogP contribution in [0.2, 0.25) is 0 Å². The van der Waals surface area contributed by atoms with Gasteiger partial charge >= 0.3 is 6.18 Å². The molecule has 7 unspecified atom stereocenters. The third-order valence-electron chi connectivity index (χ3n) is 8.61. The molecule has 4 aliphatic carbocycles. The molecule has 0 bridgehead atoms. The lowest BCUT2D eigenvalue weighted by atomic mass is 9.50. The Morgan fingerprint density at radius 1 is 0.923 bits per heavy atom. The summed E-state index contributed by atoms with van der Waals surface area (Å²) in [5.41, 5.74) is 2.06. The van der Waals surface area contributed by atoms with E-state index < -0.39 is 12.1 Å². The molecular formula is C23H37F3. The van der Waals surface area contributed by atoms with Gasteiger partial charge in [0.05, 0.1) is 5.92 Å². The van der Waals surface area contributed by atoms with Gasteiger partial charge in [-0.3, -0.25) is 0 Å². The van der Waals surface area contributed by atoms with Crippen LogP contribution < -0.4 is 0 Å². The molecule has 0 radical (unpaired) electrons. The van der Waals surface area contributed by atoms with Crippen LogP contribution in [0.5, 0.6) is 0 Å². The SMILES string of the molecule is C/C=C1/CCC2C3CCC4CC(C(F)(F)F)CCC4C3CCC12C.CC. The van der Waals surface area contributed by atoms with Gasteiger partial charge in [-0.05, 0) is 99.7 Å². The van der Waals surface area contributed by atoms with E-state index in [-0.39, 0.29) is 0 Å². The fourth-order valence-corrected chi connectivity index (χ4v) is 7.47. The van der Waals surface area contributed by atoms with Gasteiger partial charge in [0.25, 0.3) is 0 Å². The Bertz CT molecular complexity index is 520. The van der Waals surface area contributed by atoms with E-state index in [1.807, 2.05) is 13.8 Å². The van der Waals surface area contributed by atoms with Gasteiger partial charge in [-0.2, -0.15) is 13.2 Å². The minimum absolute atomic E-state index is 0.346. The fourth-order valence-electron chi connectivity index (χ4n) is 7.47. The predicted molar refractivity (Wildman–Crippen MR) is 102 cm³/mol. The maximum Gasteiger partial charge on any atom is 0.391 e. The zero-order valence-corrected chi connectivity index (χ0v) is 17.0. The maximum atomic E-state index is 13.1. The highest BCUT2D eigenvalue weighted by atomic mass is 19.4. The Balaban J connectivity index is 0.000000948. The average Bonchev–Trinajstić information content (AvgIpc) is 2.98. The molecule has 150 valence electrons. The largest absolute Gasteiger partial charge is 0.391 e. The third kappa shape index (κ3) is 3.26. The predicted octanol–water partition coefficient (Wildman–Crippen LogP) is 7.79. The minimum atomic E-state index is -3.97. The number of allylic oxidation sites excluding steroid dienone is 2. The second-order valence-electron chi connectivity index (χ2n) is 9.30. The van der Waals surface area contributed by atoms with Gasteiger partial charge in [-0.25, -0.2) is 0 Å². The average molecular weight is 371 g/mol. The van der Waals surface area contributed by atoms with E-state index in [1.165, 1.54) is 32.1 Å². The lowest BCUT2D eigenvalue weighted by Crippen LogP contribution is -2.48. The van der Waals surface area contributed by atoms with Crippen molar-refractivity contribution in [1.29, 1.82) is 0 Å². The monoisotopic (exact) mass is 370 g/mol. The molecule has 4 saturated carbocycles. The second kappa shape index (κ2) is 7.51.